The van der Waals surface area contributed by atoms with Crippen LogP contribution in [0, 0.1) is 17.3 Å². The molecule has 0 aromatic rings. The summed E-state index contributed by atoms with van der Waals surface area (Å²) in [6.07, 6.45) is 8.92. The topological polar surface area (TPSA) is 46.3 Å². The zero-order valence-electron chi connectivity index (χ0n) is 14.2. The first-order chi connectivity index (χ1) is 9.86. The molecular formula is C18H34N2O. The quantitative estimate of drug-likeness (QED) is 0.865. The molecule has 0 aromatic carbocycles. The number of carbonyl (C=O) groups excluding carboxylic acids is 1. The molecule has 122 valence electrons. The molecule has 2 aliphatic rings. The van der Waals surface area contributed by atoms with Gasteiger partial charge >= 0.3 is 0 Å². The SMILES string of the molecule is CC(C)(C)C1CCN(C(=O)CCC2CCC(N)CC2)CC1. The Morgan fingerprint density at radius 1 is 1.05 bits per heavy atom. The molecule has 1 amide bonds. The third-order valence-corrected chi connectivity index (χ3v) is 5.73. The van der Waals surface area contributed by atoms with E-state index in [-0.39, 0.29) is 0 Å². The molecule has 0 radical (unpaired) electrons. The number of nitrogens with zero attached hydrogens (tertiary/aromatic N) is 1. The Labute approximate surface area is 130 Å². The van der Waals surface area contributed by atoms with Gasteiger partial charge in [-0.25, -0.2) is 0 Å². The molecule has 0 unspecified atom stereocenters. The van der Waals surface area contributed by atoms with E-state index in [1.54, 1.807) is 0 Å². The Balaban J connectivity index is 1.68. The van der Waals surface area contributed by atoms with E-state index in [0.29, 0.717) is 17.4 Å². The summed E-state index contributed by atoms with van der Waals surface area (Å²) < 4.78 is 0. The number of likely N-dealkylation sites (tertiary alicyclic amines) is 1. The number of rotatable bonds is 3. The number of nitrogens with two attached hydrogens (primary N) is 1. The van der Waals surface area contributed by atoms with Crippen molar-refractivity contribution in [3.8, 4) is 0 Å². The molecule has 3 nitrogen and oxygen atoms in total. The number of hydrogen-bond acceptors (Lipinski definition) is 2. The second-order valence-corrected chi connectivity index (χ2v) is 8.34. The summed E-state index contributed by atoms with van der Waals surface area (Å²) in [6, 6.07) is 0.411. The minimum atomic E-state index is 0.385. The third-order valence-electron chi connectivity index (χ3n) is 5.73. The van der Waals surface area contributed by atoms with Gasteiger partial charge in [0.2, 0.25) is 5.91 Å². The van der Waals surface area contributed by atoms with E-state index < -0.39 is 0 Å². The van der Waals surface area contributed by atoms with Crippen LogP contribution < -0.4 is 5.73 Å². The first-order valence-corrected chi connectivity index (χ1v) is 8.89. The highest BCUT2D eigenvalue weighted by Gasteiger charge is 2.30. The van der Waals surface area contributed by atoms with Crippen molar-refractivity contribution >= 4 is 5.91 Å². The number of piperidine rings is 1. The predicted molar refractivity (Wildman–Crippen MR) is 87.9 cm³/mol. The van der Waals surface area contributed by atoms with Crippen molar-refractivity contribution in [2.45, 2.75) is 78.2 Å². The summed E-state index contributed by atoms with van der Waals surface area (Å²) in [4.78, 5) is 14.5. The van der Waals surface area contributed by atoms with E-state index in [4.69, 9.17) is 5.73 Å². The Morgan fingerprint density at radius 3 is 2.14 bits per heavy atom. The molecule has 1 saturated carbocycles. The van der Waals surface area contributed by atoms with Crippen molar-refractivity contribution in [2.75, 3.05) is 13.1 Å². The summed E-state index contributed by atoms with van der Waals surface area (Å²) in [5.74, 6) is 1.89. The van der Waals surface area contributed by atoms with Gasteiger partial charge < -0.3 is 10.6 Å². The van der Waals surface area contributed by atoms with Gasteiger partial charge in [0.05, 0.1) is 0 Å². The van der Waals surface area contributed by atoms with Gasteiger partial charge in [-0.1, -0.05) is 20.8 Å². The van der Waals surface area contributed by atoms with Crippen molar-refractivity contribution in [1.82, 2.24) is 4.90 Å². The Morgan fingerprint density at radius 2 is 1.62 bits per heavy atom. The summed E-state index contributed by atoms with van der Waals surface area (Å²) in [7, 11) is 0. The van der Waals surface area contributed by atoms with Gasteiger partial charge in [0.1, 0.15) is 0 Å². The number of hydrogen-bond donors (Lipinski definition) is 1. The van der Waals surface area contributed by atoms with Gasteiger partial charge in [-0.2, -0.15) is 0 Å². The Bertz CT molecular complexity index is 332. The summed E-state index contributed by atoms with van der Waals surface area (Å²) in [5.41, 5.74) is 6.33. The van der Waals surface area contributed by atoms with Crippen LogP contribution in [-0.2, 0) is 4.79 Å². The second kappa shape index (κ2) is 7.13. The molecule has 0 atom stereocenters. The van der Waals surface area contributed by atoms with Gasteiger partial charge in [-0.3, -0.25) is 4.79 Å². The van der Waals surface area contributed by atoms with Crippen LogP contribution in [0.2, 0.25) is 0 Å². The first kappa shape index (κ1) is 16.8. The standard InChI is InChI=1S/C18H34N2O/c1-18(2,3)15-10-12-20(13-11-15)17(21)9-6-14-4-7-16(19)8-5-14/h14-16H,4-13,19H2,1-3H3. The van der Waals surface area contributed by atoms with Crippen LogP contribution in [0.1, 0.15) is 72.1 Å². The molecule has 1 aliphatic heterocycles. The Hall–Kier alpha value is -0.570. The first-order valence-electron chi connectivity index (χ1n) is 8.89. The van der Waals surface area contributed by atoms with Gasteiger partial charge in [0, 0.05) is 25.6 Å². The van der Waals surface area contributed by atoms with Crippen LogP contribution in [0.25, 0.3) is 0 Å². The molecule has 1 heterocycles. The highest BCUT2D eigenvalue weighted by molar-refractivity contribution is 5.76. The maximum atomic E-state index is 12.4. The molecule has 2 fully saturated rings. The molecule has 0 bridgehead atoms. The van der Waals surface area contributed by atoms with Crippen molar-refractivity contribution < 1.29 is 4.79 Å². The van der Waals surface area contributed by atoms with E-state index in [0.717, 1.165) is 50.6 Å². The molecule has 1 aliphatic carbocycles. The van der Waals surface area contributed by atoms with E-state index in [1.807, 2.05) is 0 Å². The zero-order chi connectivity index (χ0) is 15.5. The number of amides is 1. The highest BCUT2D eigenvalue weighted by atomic mass is 16.2. The van der Waals surface area contributed by atoms with Gasteiger partial charge in [-0.05, 0) is 62.2 Å². The minimum absolute atomic E-state index is 0.385. The molecule has 3 heteroatoms. The average molecular weight is 294 g/mol. The molecule has 2 N–H and O–H groups in total. The van der Waals surface area contributed by atoms with E-state index in [1.165, 1.54) is 25.7 Å². The second-order valence-electron chi connectivity index (χ2n) is 8.34. The maximum absolute atomic E-state index is 12.4. The maximum Gasteiger partial charge on any atom is 0.222 e. The van der Waals surface area contributed by atoms with Crippen molar-refractivity contribution in [3.63, 3.8) is 0 Å². The molecule has 2 rings (SSSR count). The minimum Gasteiger partial charge on any atom is -0.343 e. The molecule has 0 spiro atoms. The van der Waals surface area contributed by atoms with Crippen LogP contribution in [0.5, 0.6) is 0 Å². The highest BCUT2D eigenvalue weighted by Crippen LogP contribution is 2.34. The average Bonchev–Trinajstić information content (AvgIpc) is 2.45. The van der Waals surface area contributed by atoms with Gasteiger partial charge in [0.25, 0.3) is 0 Å². The van der Waals surface area contributed by atoms with Crippen molar-refractivity contribution in [3.05, 3.63) is 0 Å². The van der Waals surface area contributed by atoms with Crippen LogP contribution in [0.15, 0.2) is 0 Å². The van der Waals surface area contributed by atoms with Crippen LogP contribution >= 0.6 is 0 Å². The van der Waals surface area contributed by atoms with Gasteiger partial charge in [0.15, 0.2) is 0 Å². The van der Waals surface area contributed by atoms with Crippen LogP contribution in [0.4, 0.5) is 0 Å². The van der Waals surface area contributed by atoms with E-state index in [2.05, 4.69) is 25.7 Å². The largest absolute Gasteiger partial charge is 0.343 e. The fourth-order valence-corrected chi connectivity index (χ4v) is 3.96. The lowest BCUT2D eigenvalue weighted by Crippen LogP contribution is -2.41. The third kappa shape index (κ3) is 4.98. The predicted octanol–water partition coefficient (Wildman–Crippen LogP) is 3.57. The zero-order valence-corrected chi connectivity index (χ0v) is 14.2. The molecule has 1 saturated heterocycles. The molecule has 0 aromatic heterocycles. The number of carbonyl (C=O) groups is 1. The van der Waals surface area contributed by atoms with Gasteiger partial charge in [-0.15, -0.1) is 0 Å². The summed E-state index contributed by atoms with van der Waals surface area (Å²) >= 11 is 0. The summed E-state index contributed by atoms with van der Waals surface area (Å²) in [6.45, 7) is 8.90. The van der Waals surface area contributed by atoms with Crippen LogP contribution in [0.3, 0.4) is 0 Å². The fraction of sp³-hybridized carbons (Fsp3) is 0.944. The lowest BCUT2D eigenvalue weighted by atomic mass is 9.75. The van der Waals surface area contributed by atoms with E-state index >= 15 is 0 Å². The summed E-state index contributed by atoms with van der Waals surface area (Å²) in [5, 5.41) is 0. The lowest BCUT2D eigenvalue weighted by molar-refractivity contribution is -0.133. The van der Waals surface area contributed by atoms with Crippen molar-refractivity contribution in [2.24, 2.45) is 23.0 Å². The molecular weight excluding hydrogens is 260 g/mol. The smallest absolute Gasteiger partial charge is 0.222 e. The molecule has 21 heavy (non-hydrogen) atoms. The van der Waals surface area contributed by atoms with Crippen LogP contribution in [-0.4, -0.2) is 29.9 Å². The fourth-order valence-electron chi connectivity index (χ4n) is 3.96. The Kier molecular flexibility index (Phi) is 5.70. The monoisotopic (exact) mass is 294 g/mol. The lowest BCUT2D eigenvalue weighted by Gasteiger charge is -2.39. The van der Waals surface area contributed by atoms with E-state index in [9.17, 15) is 4.79 Å². The normalized spacial score (nSPS) is 28.7. The van der Waals surface area contributed by atoms with Crippen molar-refractivity contribution in [1.29, 1.82) is 0 Å².